The van der Waals surface area contributed by atoms with E-state index in [0.717, 1.165) is 13.1 Å². The van der Waals surface area contributed by atoms with E-state index in [1.165, 1.54) is 0 Å². The summed E-state index contributed by atoms with van der Waals surface area (Å²) < 4.78 is 5.69. The van der Waals surface area contributed by atoms with Crippen molar-refractivity contribution in [2.75, 3.05) is 13.1 Å². The van der Waals surface area contributed by atoms with E-state index in [1.54, 1.807) is 0 Å². The summed E-state index contributed by atoms with van der Waals surface area (Å²) in [6.45, 7) is 8.60. The van der Waals surface area contributed by atoms with Gasteiger partial charge in [-0.3, -0.25) is 0 Å². The second-order valence-electron chi connectivity index (χ2n) is 3.37. The number of nitrogens with one attached hydrogen (secondary N) is 1. The summed E-state index contributed by atoms with van der Waals surface area (Å²) in [7, 11) is 0. The van der Waals surface area contributed by atoms with Crippen molar-refractivity contribution in [3.05, 3.63) is 0 Å². The molecule has 1 unspecified atom stereocenters. The van der Waals surface area contributed by atoms with Crippen molar-refractivity contribution >= 4 is 0 Å². The minimum atomic E-state index is 0.409. The minimum absolute atomic E-state index is 0.409. The summed E-state index contributed by atoms with van der Waals surface area (Å²) >= 11 is 0. The molecule has 2 nitrogen and oxygen atoms in total. The second kappa shape index (κ2) is 3.35. The SMILES string of the molecule is CC(C)C(C)OC1CNC1. The van der Waals surface area contributed by atoms with Crippen LogP contribution in [0.4, 0.5) is 0 Å². The molecule has 0 aromatic carbocycles. The Morgan fingerprint density at radius 2 is 1.90 bits per heavy atom. The molecule has 0 amide bonds. The monoisotopic (exact) mass is 143 g/mol. The highest BCUT2D eigenvalue weighted by Gasteiger charge is 2.20. The van der Waals surface area contributed by atoms with Gasteiger partial charge in [0.05, 0.1) is 12.2 Å². The van der Waals surface area contributed by atoms with E-state index in [1.807, 2.05) is 0 Å². The molecule has 0 aromatic heterocycles. The van der Waals surface area contributed by atoms with Gasteiger partial charge in [0.1, 0.15) is 0 Å². The molecule has 1 fully saturated rings. The average Bonchev–Trinajstić information content (AvgIpc) is 1.77. The Kier molecular flexibility index (Phi) is 2.69. The van der Waals surface area contributed by atoms with Crippen molar-refractivity contribution in [2.45, 2.75) is 33.0 Å². The zero-order chi connectivity index (χ0) is 7.56. The molecule has 60 valence electrons. The summed E-state index contributed by atoms with van der Waals surface area (Å²) in [5.74, 6) is 0.639. The van der Waals surface area contributed by atoms with Crippen LogP contribution in [-0.2, 0) is 4.74 Å². The van der Waals surface area contributed by atoms with Gasteiger partial charge in [0, 0.05) is 13.1 Å². The normalized spacial score (nSPS) is 22.8. The third-order valence-corrected chi connectivity index (χ3v) is 2.09. The molecule has 0 saturated carbocycles. The van der Waals surface area contributed by atoms with E-state index in [0.29, 0.717) is 18.1 Å². The van der Waals surface area contributed by atoms with Crippen molar-refractivity contribution in [3.63, 3.8) is 0 Å². The van der Waals surface area contributed by atoms with Crippen molar-refractivity contribution in [3.8, 4) is 0 Å². The lowest BCUT2D eigenvalue weighted by atomic mass is 10.1. The molecule has 1 aliphatic heterocycles. The van der Waals surface area contributed by atoms with E-state index in [4.69, 9.17) is 4.74 Å². The standard InChI is InChI=1S/C8H17NO/c1-6(2)7(3)10-8-4-9-5-8/h6-9H,4-5H2,1-3H3. The van der Waals surface area contributed by atoms with Crippen LogP contribution in [-0.4, -0.2) is 25.3 Å². The van der Waals surface area contributed by atoms with Gasteiger partial charge in [-0.25, -0.2) is 0 Å². The predicted molar refractivity (Wildman–Crippen MR) is 42.0 cm³/mol. The highest BCUT2D eigenvalue weighted by molar-refractivity contribution is 4.76. The molecule has 1 atom stereocenters. The average molecular weight is 143 g/mol. The molecule has 10 heavy (non-hydrogen) atoms. The van der Waals surface area contributed by atoms with Gasteiger partial charge in [-0.2, -0.15) is 0 Å². The molecular weight excluding hydrogens is 126 g/mol. The third kappa shape index (κ3) is 1.96. The lowest BCUT2D eigenvalue weighted by Crippen LogP contribution is -2.50. The Hall–Kier alpha value is -0.0800. The Morgan fingerprint density at radius 3 is 2.20 bits per heavy atom. The van der Waals surface area contributed by atoms with Crippen LogP contribution >= 0.6 is 0 Å². The Morgan fingerprint density at radius 1 is 1.30 bits per heavy atom. The molecule has 1 saturated heterocycles. The van der Waals surface area contributed by atoms with E-state index in [9.17, 15) is 0 Å². The topological polar surface area (TPSA) is 21.3 Å². The smallest absolute Gasteiger partial charge is 0.0827 e. The molecule has 0 radical (unpaired) electrons. The molecule has 1 aliphatic rings. The zero-order valence-electron chi connectivity index (χ0n) is 7.05. The minimum Gasteiger partial charge on any atom is -0.372 e. The van der Waals surface area contributed by atoms with Crippen LogP contribution in [0.1, 0.15) is 20.8 Å². The maximum Gasteiger partial charge on any atom is 0.0827 e. The van der Waals surface area contributed by atoms with Gasteiger partial charge in [-0.1, -0.05) is 13.8 Å². The van der Waals surface area contributed by atoms with Crippen LogP contribution in [0.2, 0.25) is 0 Å². The van der Waals surface area contributed by atoms with Crippen LogP contribution in [0.25, 0.3) is 0 Å². The van der Waals surface area contributed by atoms with E-state index < -0.39 is 0 Å². The van der Waals surface area contributed by atoms with Gasteiger partial charge in [0.25, 0.3) is 0 Å². The van der Waals surface area contributed by atoms with Crippen LogP contribution in [0.15, 0.2) is 0 Å². The Balaban J connectivity index is 2.10. The Bertz CT molecular complexity index is 99.4. The zero-order valence-corrected chi connectivity index (χ0v) is 7.05. The lowest BCUT2D eigenvalue weighted by Gasteiger charge is -2.31. The van der Waals surface area contributed by atoms with Crippen LogP contribution in [0.5, 0.6) is 0 Å². The summed E-state index contributed by atoms with van der Waals surface area (Å²) in [5.41, 5.74) is 0. The van der Waals surface area contributed by atoms with Crippen molar-refractivity contribution < 1.29 is 4.74 Å². The molecule has 0 aliphatic carbocycles. The summed E-state index contributed by atoms with van der Waals surface area (Å²) in [6.07, 6.45) is 0.893. The lowest BCUT2D eigenvalue weighted by molar-refractivity contribution is -0.0481. The van der Waals surface area contributed by atoms with Gasteiger partial charge in [-0.15, -0.1) is 0 Å². The molecule has 2 heteroatoms. The molecule has 0 bridgehead atoms. The van der Waals surface area contributed by atoms with E-state index >= 15 is 0 Å². The first-order valence-corrected chi connectivity index (χ1v) is 4.06. The highest BCUT2D eigenvalue weighted by Crippen LogP contribution is 2.10. The largest absolute Gasteiger partial charge is 0.372 e. The molecular formula is C8H17NO. The van der Waals surface area contributed by atoms with Crippen molar-refractivity contribution in [1.29, 1.82) is 0 Å². The highest BCUT2D eigenvalue weighted by atomic mass is 16.5. The first kappa shape index (κ1) is 8.02. The first-order chi connectivity index (χ1) is 4.70. The fraction of sp³-hybridized carbons (Fsp3) is 1.00. The quantitative estimate of drug-likeness (QED) is 0.637. The maximum absolute atomic E-state index is 5.69. The van der Waals surface area contributed by atoms with Gasteiger partial charge < -0.3 is 10.1 Å². The third-order valence-electron chi connectivity index (χ3n) is 2.09. The Labute approximate surface area is 63.0 Å². The molecule has 0 spiro atoms. The summed E-state index contributed by atoms with van der Waals surface area (Å²) in [6, 6.07) is 0. The predicted octanol–water partition coefficient (Wildman–Crippen LogP) is 1.02. The van der Waals surface area contributed by atoms with Crippen LogP contribution < -0.4 is 5.32 Å². The van der Waals surface area contributed by atoms with Gasteiger partial charge >= 0.3 is 0 Å². The number of hydrogen-bond donors (Lipinski definition) is 1. The van der Waals surface area contributed by atoms with Crippen LogP contribution in [0.3, 0.4) is 0 Å². The molecule has 1 rings (SSSR count). The summed E-state index contributed by atoms with van der Waals surface area (Å²) in [4.78, 5) is 0. The van der Waals surface area contributed by atoms with E-state index in [-0.39, 0.29) is 0 Å². The molecule has 0 aromatic rings. The van der Waals surface area contributed by atoms with Gasteiger partial charge in [0.2, 0.25) is 0 Å². The van der Waals surface area contributed by atoms with Crippen molar-refractivity contribution in [1.82, 2.24) is 5.32 Å². The van der Waals surface area contributed by atoms with Crippen molar-refractivity contribution in [2.24, 2.45) is 5.92 Å². The molecule has 1 N–H and O–H groups in total. The maximum atomic E-state index is 5.69. The number of hydrogen-bond acceptors (Lipinski definition) is 2. The molecule has 1 heterocycles. The first-order valence-electron chi connectivity index (χ1n) is 4.06. The fourth-order valence-electron chi connectivity index (χ4n) is 0.819. The van der Waals surface area contributed by atoms with E-state index in [2.05, 4.69) is 26.1 Å². The second-order valence-corrected chi connectivity index (χ2v) is 3.37. The van der Waals surface area contributed by atoms with Crippen LogP contribution in [0, 0.1) is 5.92 Å². The van der Waals surface area contributed by atoms with Gasteiger partial charge in [0.15, 0.2) is 0 Å². The number of ether oxygens (including phenoxy) is 1. The fourth-order valence-corrected chi connectivity index (χ4v) is 0.819. The van der Waals surface area contributed by atoms with Gasteiger partial charge in [-0.05, 0) is 12.8 Å². The summed E-state index contributed by atoms with van der Waals surface area (Å²) in [5, 5.41) is 3.18. The number of rotatable bonds is 3.